The first kappa shape index (κ1) is 21.2. The van der Waals surface area contributed by atoms with Crippen molar-refractivity contribution in [1.29, 1.82) is 0 Å². The Kier molecular flexibility index (Phi) is 5.14. The number of aromatic nitrogens is 5. The molecule has 4 heterocycles. The van der Waals surface area contributed by atoms with Crippen LogP contribution in [0.4, 0.5) is 16.2 Å². The van der Waals surface area contributed by atoms with Crippen LogP contribution in [0.1, 0.15) is 12.0 Å². The van der Waals surface area contributed by atoms with Crippen molar-refractivity contribution in [2.24, 2.45) is 7.05 Å². The minimum atomic E-state index is -1.73. The van der Waals surface area contributed by atoms with Gasteiger partial charge in [0.05, 0.1) is 5.69 Å². The maximum absolute atomic E-state index is 14.5. The fourth-order valence-electron chi connectivity index (χ4n) is 3.76. The summed E-state index contributed by atoms with van der Waals surface area (Å²) in [5.74, 6) is 0.0116. The molecule has 1 aliphatic rings. The summed E-state index contributed by atoms with van der Waals surface area (Å²) in [6.45, 7) is 0.407. The molecule has 3 aromatic heterocycles. The predicted octanol–water partition coefficient (Wildman–Crippen LogP) is 2.93. The first-order valence-electron chi connectivity index (χ1n) is 10.2. The quantitative estimate of drug-likeness (QED) is 0.466. The lowest BCUT2D eigenvalue weighted by molar-refractivity contribution is -0.143. The number of rotatable bonds is 5. The van der Waals surface area contributed by atoms with Gasteiger partial charge in [-0.25, -0.2) is 19.3 Å². The number of likely N-dealkylation sites (N-methyl/N-ethyl adjacent to an activating group) is 1. The molecule has 9 nitrogen and oxygen atoms in total. The Labute approximate surface area is 192 Å². The van der Waals surface area contributed by atoms with Crippen molar-refractivity contribution < 1.29 is 14.3 Å². The molecule has 1 fully saturated rings. The predicted molar refractivity (Wildman–Crippen MR) is 121 cm³/mol. The molecule has 0 bridgehead atoms. The van der Waals surface area contributed by atoms with E-state index in [-0.39, 0.29) is 12.0 Å². The van der Waals surface area contributed by atoms with Crippen LogP contribution >= 0.6 is 11.3 Å². The highest BCUT2D eigenvalue weighted by atomic mass is 32.1. The number of halogens is 1. The maximum atomic E-state index is 14.5. The van der Waals surface area contributed by atoms with E-state index in [9.17, 15) is 14.3 Å². The van der Waals surface area contributed by atoms with Crippen molar-refractivity contribution in [3.8, 4) is 22.0 Å². The van der Waals surface area contributed by atoms with Crippen LogP contribution in [0.3, 0.4) is 0 Å². The average Bonchev–Trinajstić information content (AvgIpc) is 3.51. The van der Waals surface area contributed by atoms with Crippen LogP contribution in [0.25, 0.3) is 22.0 Å². The number of hydrogen-bond donors (Lipinski definition) is 2. The van der Waals surface area contributed by atoms with Crippen molar-refractivity contribution in [3.63, 3.8) is 0 Å². The summed E-state index contributed by atoms with van der Waals surface area (Å²) in [4.78, 5) is 27.2. The summed E-state index contributed by atoms with van der Waals surface area (Å²) in [5.41, 5.74) is 0.0938. The fourth-order valence-corrected chi connectivity index (χ4v) is 4.55. The van der Waals surface area contributed by atoms with Gasteiger partial charge >= 0.3 is 0 Å². The van der Waals surface area contributed by atoms with E-state index in [0.29, 0.717) is 40.3 Å². The maximum Gasteiger partial charge on any atom is 0.258 e. The second-order valence-electron chi connectivity index (χ2n) is 7.87. The molecular weight excluding hydrogens is 445 g/mol. The molecule has 0 saturated carbocycles. The van der Waals surface area contributed by atoms with Gasteiger partial charge in [0.1, 0.15) is 16.5 Å². The Morgan fingerprint density at radius 2 is 2.03 bits per heavy atom. The van der Waals surface area contributed by atoms with Gasteiger partial charge in [0.2, 0.25) is 5.95 Å². The van der Waals surface area contributed by atoms with Gasteiger partial charge in [-0.3, -0.25) is 9.48 Å². The number of nitrogens with zero attached hydrogens (tertiary/aromatic N) is 6. The Bertz CT molecular complexity index is 1350. The van der Waals surface area contributed by atoms with E-state index in [1.807, 2.05) is 7.05 Å². The van der Waals surface area contributed by atoms with Crippen LogP contribution in [0.2, 0.25) is 0 Å². The van der Waals surface area contributed by atoms with Crippen molar-refractivity contribution in [2.75, 3.05) is 18.9 Å². The SMILES string of the molecule is CN1CC[C@](O)(c2cc(F)cc(-c3csc(-c4ccnc(Nc5ccn(C)n5)n4)n3)c2)C1=O. The molecule has 0 unspecified atom stereocenters. The molecule has 4 aromatic rings. The van der Waals surface area contributed by atoms with Crippen LogP contribution < -0.4 is 5.32 Å². The molecule has 2 N–H and O–H groups in total. The van der Waals surface area contributed by atoms with E-state index >= 15 is 0 Å². The van der Waals surface area contributed by atoms with E-state index in [1.165, 1.54) is 28.4 Å². The van der Waals surface area contributed by atoms with Crippen molar-refractivity contribution in [2.45, 2.75) is 12.0 Å². The molecule has 1 aromatic carbocycles. The molecule has 0 aliphatic carbocycles. The fraction of sp³-hybridized carbons (Fsp3) is 0.227. The van der Waals surface area contributed by atoms with Crippen LogP contribution in [0.5, 0.6) is 0 Å². The van der Waals surface area contributed by atoms with Gasteiger partial charge in [-0.05, 0) is 29.8 Å². The number of carbonyl (C=O) groups excluding carboxylic acids is 1. The molecular formula is C22H20FN7O2S. The van der Waals surface area contributed by atoms with Crippen molar-refractivity contribution >= 4 is 29.0 Å². The van der Waals surface area contributed by atoms with Crippen LogP contribution in [-0.2, 0) is 17.4 Å². The highest BCUT2D eigenvalue weighted by molar-refractivity contribution is 7.13. The molecule has 0 radical (unpaired) electrons. The van der Waals surface area contributed by atoms with Crippen LogP contribution in [-0.4, -0.2) is 54.2 Å². The number of hydrogen-bond acceptors (Lipinski definition) is 8. The Hall–Kier alpha value is -3.70. The van der Waals surface area contributed by atoms with Crippen LogP contribution in [0.15, 0.2) is 48.1 Å². The zero-order valence-electron chi connectivity index (χ0n) is 17.9. The van der Waals surface area contributed by atoms with E-state index < -0.39 is 17.3 Å². The molecule has 168 valence electrons. The number of aliphatic hydroxyl groups is 1. The topological polar surface area (TPSA) is 109 Å². The van der Waals surface area contributed by atoms with Gasteiger partial charge in [0.25, 0.3) is 5.91 Å². The third-order valence-electron chi connectivity index (χ3n) is 5.51. The standard InChI is InChI=1S/C22H20FN7O2S/c1-29-8-5-22(32,20(29)31)14-9-13(10-15(23)11-14)17-12-33-19(25-17)16-3-6-24-21(26-16)27-18-4-7-30(2)28-18/h3-4,6-7,9-12,32H,5,8H2,1-2H3,(H,24,26,27,28)/t22-/m0/s1. The number of amides is 1. The normalized spacial score (nSPS) is 18.2. The Morgan fingerprint density at radius 3 is 2.76 bits per heavy atom. The van der Waals surface area contributed by atoms with E-state index in [1.54, 1.807) is 47.7 Å². The smallest absolute Gasteiger partial charge is 0.258 e. The van der Waals surface area contributed by atoms with Gasteiger partial charge in [-0.1, -0.05) is 0 Å². The number of nitrogens with one attached hydrogen (secondary N) is 1. The van der Waals surface area contributed by atoms with Crippen LogP contribution in [0, 0.1) is 5.82 Å². The monoisotopic (exact) mass is 465 g/mol. The largest absolute Gasteiger partial charge is 0.375 e. The first-order chi connectivity index (χ1) is 15.8. The van der Waals surface area contributed by atoms with Gasteiger partial charge < -0.3 is 15.3 Å². The Morgan fingerprint density at radius 1 is 1.18 bits per heavy atom. The highest BCUT2D eigenvalue weighted by Gasteiger charge is 2.45. The molecule has 33 heavy (non-hydrogen) atoms. The molecule has 0 spiro atoms. The minimum absolute atomic E-state index is 0.209. The third-order valence-corrected chi connectivity index (χ3v) is 6.38. The second kappa shape index (κ2) is 8.01. The second-order valence-corrected chi connectivity index (χ2v) is 8.73. The lowest BCUT2D eigenvalue weighted by atomic mass is 9.90. The zero-order valence-corrected chi connectivity index (χ0v) is 18.7. The average molecular weight is 466 g/mol. The summed E-state index contributed by atoms with van der Waals surface area (Å²) in [5, 5.41) is 20.6. The van der Waals surface area contributed by atoms with Gasteiger partial charge in [-0.15, -0.1) is 11.3 Å². The van der Waals surface area contributed by atoms with E-state index in [0.717, 1.165) is 0 Å². The minimum Gasteiger partial charge on any atom is -0.375 e. The first-order valence-corrected chi connectivity index (χ1v) is 11.0. The summed E-state index contributed by atoms with van der Waals surface area (Å²) in [6.07, 6.45) is 3.63. The van der Waals surface area contributed by atoms with E-state index in [4.69, 9.17) is 0 Å². The zero-order chi connectivity index (χ0) is 23.2. The molecule has 1 saturated heterocycles. The number of carbonyl (C=O) groups is 1. The summed E-state index contributed by atoms with van der Waals surface area (Å²) in [7, 11) is 3.43. The number of likely N-dealkylation sites (tertiary alicyclic amines) is 1. The summed E-state index contributed by atoms with van der Waals surface area (Å²) in [6, 6.07) is 7.70. The number of thiazole rings is 1. The molecule has 5 rings (SSSR count). The van der Waals surface area contributed by atoms with Crippen molar-refractivity contribution in [3.05, 3.63) is 59.5 Å². The van der Waals surface area contributed by atoms with Crippen molar-refractivity contribution in [1.82, 2.24) is 29.6 Å². The third kappa shape index (κ3) is 3.96. The number of benzene rings is 1. The van der Waals surface area contributed by atoms with Gasteiger partial charge in [0.15, 0.2) is 11.4 Å². The number of aryl methyl sites for hydroxylation is 1. The highest BCUT2D eigenvalue weighted by Crippen LogP contribution is 2.36. The molecule has 1 amide bonds. The molecule has 11 heteroatoms. The molecule has 1 aliphatic heterocycles. The molecule has 1 atom stereocenters. The van der Waals surface area contributed by atoms with Gasteiger partial charge in [0, 0.05) is 56.5 Å². The van der Waals surface area contributed by atoms with E-state index in [2.05, 4.69) is 25.4 Å². The Balaban J connectivity index is 1.44. The lowest BCUT2D eigenvalue weighted by Gasteiger charge is -2.21. The summed E-state index contributed by atoms with van der Waals surface area (Å²) >= 11 is 1.35. The lowest BCUT2D eigenvalue weighted by Crippen LogP contribution is -2.36. The van der Waals surface area contributed by atoms with Gasteiger partial charge in [-0.2, -0.15) is 5.10 Å². The number of anilines is 2. The summed E-state index contributed by atoms with van der Waals surface area (Å²) < 4.78 is 16.1.